The lowest BCUT2D eigenvalue weighted by Gasteiger charge is -2.28. The van der Waals surface area contributed by atoms with Crippen molar-refractivity contribution >= 4 is 17.6 Å². The van der Waals surface area contributed by atoms with Crippen molar-refractivity contribution in [1.82, 2.24) is 20.3 Å². The van der Waals surface area contributed by atoms with Gasteiger partial charge in [-0.05, 0) is 44.7 Å². The zero-order valence-corrected chi connectivity index (χ0v) is 16.5. The lowest BCUT2D eigenvalue weighted by atomic mass is 9.85. The van der Waals surface area contributed by atoms with Gasteiger partial charge in [0.25, 0.3) is 5.91 Å². The van der Waals surface area contributed by atoms with Crippen LogP contribution in [0.5, 0.6) is 0 Å². The van der Waals surface area contributed by atoms with Gasteiger partial charge in [-0.3, -0.25) is 9.59 Å². The number of nitrogens with zero attached hydrogens (tertiary/aromatic N) is 3. The number of carbonyl (C=O) groups excluding carboxylic acids is 2. The van der Waals surface area contributed by atoms with Crippen LogP contribution in [-0.2, 0) is 4.79 Å². The number of nitrogens with one attached hydrogen (secondary N) is 2. The molecule has 2 amide bonds. The zero-order valence-electron chi connectivity index (χ0n) is 16.5. The Hall–Kier alpha value is -3.49. The van der Waals surface area contributed by atoms with Gasteiger partial charge in [0.15, 0.2) is 5.82 Å². The van der Waals surface area contributed by atoms with Crippen LogP contribution in [0.15, 0.2) is 47.2 Å². The van der Waals surface area contributed by atoms with Crippen LogP contribution in [0.2, 0.25) is 0 Å². The van der Waals surface area contributed by atoms with Gasteiger partial charge in [-0.15, -0.1) is 5.10 Å². The van der Waals surface area contributed by atoms with Crippen LogP contribution < -0.4 is 10.6 Å². The van der Waals surface area contributed by atoms with Gasteiger partial charge >= 0.3 is 0 Å². The van der Waals surface area contributed by atoms with Gasteiger partial charge < -0.3 is 15.2 Å². The van der Waals surface area contributed by atoms with Gasteiger partial charge in [-0.1, -0.05) is 17.3 Å². The summed E-state index contributed by atoms with van der Waals surface area (Å²) in [4.78, 5) is 24.9. The first-order valence-electron chi connectivity index (χ1n) is 9.85. The van der Waals surface area contributed by atoms with Crippen LogP contribution in [0.4, 0.5) is 10.2 Å². The highest BCUT2D eigenvalue weighted by Crippen LogP contribution is 2.26. The summed E-state index contributed by atoms with van der Waals surface area (Å²) < 4.78 is 20.2. The number of benzene rings is 1. The van der Waals surface area contributed by atoms with Crippen LogP contribution in [0.1, 0.15) is 41.8 Å². The second-order valence-electron chi connectivity index (χ2n) is 7.40. The maximum atomic E-state index is 13.9. The monoisotopic (exact) mass is 411 g/mol. The molecular formula is C21H22FN5O3. The molecular weight excluding hydrogens is 389 g/mol. The number of halogens is 1. The lowest BCUT2D eigenvalue weighted by molar-refractivity contribution is -0.120. The number of hydrogen-bond acceptors (Lipinski definition) is 5. The summed E-state index contributed by atoms with van der Waals surface area (Å²) in [6, 6.07) is 7.95. The number of amides is 2. The number of anilines is 1. The van der Waals surface area contributed by atoms with Crippen molar-refractivity contribution in [3.8, 4) is 5.69 Å². The van der Waals surface area contributed by atoms with Gasteiger partial charge in [-0.2, -0.15) is 0 Å². The van der Waals surface area contributed by atoms with Crippen LogP contribution in [0.25, 0.3) is 5.69 Å². The molecule has 8 nitrogen and oxygen atoms in total. The van der Waals surface area contributed by atoms with Crippen LogP contribution in [0.3, 0.4) is 0 Å². The summed E-state index contributed by atoms with van der Waals surface area (Å²) >= 11 is 0. The van der Waals surface area contributed by atoms with E-state index in [2.05, 4.69) is 20.9 Å². The molecule has 156 valence electrons. The van der Waals surface area contributed by atoms with Crippen molar-refractivity contribution in [3.63, 3.8) is 0 Å². The Kier molecular flexibility index (Phi) is 5.60. The molecule has 0 bridgehead atoms. The molecule has 1 aliphatic carbocycles. The van der Waals surface area contributed by atoms with Gasteiger partial charge in [0.05, 0.1) is 6.20 Å². The summed E-state index contributed by atoms with van der Waals surface area (Å²) in [6.07, 6.45) is 5.74. The molecule has 9 heteroatoms. The second-order valence-corrected chi connectivity index (χ2v) is 7.40. The standard InChI is InChI=1S/C21H22FN5O3/c1-13-16(12-23-30-13)21(29)24-15-8-6-14(7-9-15)20(28)25-19-10-11-27(26-19)18-5-3-2-4-17(18)22/h2-5,10-12,14-15H,6-9H2,1H3,(H,24,29)(H,25,26,28)/t14-,15+. The van der Waals surface area contributed by atoms with E-state index in [1.54, 1.807) is 37.4 Å². The van der Waals surface area contributed by atoms with E-state index >= 15 is 0 Å². The lowest BCUT2D eigenvalue weighted by Crippen LogP contribution is -2.39. The molecule has 0 unspecified atom stereocenters. The minimum absolute atomic E-state index is 0.0103. The van der Waals surface area contributed by atoms with E-state index < -0.39 is 0 Å². The largest absolute Gasteiger partial charge is 0.361 e. The van der Waals surface area contributed by atoms with Crippen LogP contribution >= 0.6 is 0 Å². The first-order chi connectivity index (χ1) is 14.5. The molecule has 1 aromatic carbocycles. The van der Waals surface area contributed by atoms with Crippen molar-refractivity contribution in [2.45, 2.75) is 38.6 Å². The third kappa shape index (κ3) is 4.24. The van der Waals surface area contributed by atoms with Crippen LogP contribution in [-0.4, -0.2) is 32.8 Å². The topological polar surface area (TPSA) is 102 Å². The van der Waals surface area contributed by atoms with Crippen LogP contribution in [0, 0.1) is 18.7 Å². The number of para-hydroxylation sites is 1. The fraction of sp³-hybridized carbons (Fsp3) is 0.333. The maximum Gasteiger partial charge on any atom is 0.256 e. The average Bonchev–Trinajstić information content (AvgIpc) is 3.38. The number of aryl methyl sites for hydroxylation is 1. The number of hydrogen-bond donors (Lipinski definition) is 2. The quantitative estimate of drug-likeness (QED) is 0.671. The smallest absolute Gasteiger partial charge is 0.256 e. The molecule has 0 spiro atoms. The molecule has 0 aliphatic heterocycles. The fourth-order valence-electron chi connectivity index (χ4n) is 3.67. The Morgan fingerprint density at radius 1 is 1.17 bits per heavy atom. The van der Waals surface area contributed by atoms with E-state index in [0.29, 0.717) is 48.5 Å². The Bertz CT molecular complexity index is 1050. The minimum Gasteiger partial charge on any atom is -0.361 e. The zero-order chi connectivity index (χ0) is 21.1. The summed E-state index contributed by atoms with van der Waals surface area (Å²) in [7, 11) is 0. The van der Waals surface area contributed by atoms with Crippen molar-refractivity contribution < 1.29 is 18.5 Å². The molecule has 1 fully saturated rings. The molecule has 0 saturated heterocycles. The third-order valence-corrected chi connectivity index (χ3v) is 5.37. The first-order valence-corrected chi connectivity index (χ1v) is 9.85. The Balaban J connectivity index is 1.29. The van der Waals surface area contributed by atoms with E-state index in [0.717, 1.165) is 0 Å². The summed E-state index contributed by atoms with van der Waals surface area (Å²) in [6.45, 7) is 1.69. The molecule has 30 heavy (non-hydrogen) atoms. The number of carbonyl (C=O) groups is 2. The first kappa shape index (κ1) is 19.8. The third-order valence-electron chi connectivity index (χ3n) is 5.37. The highest BCUT2D eigenvalue weighted by atomic mass is 19.1. The molecule has 1 saturated carbocycles. The number of rotatable bonds is 5. The van der Waals surface area contributed by atoms with Crippen molar-refractivity contribution in [3.05, 3.63) is 59.9 Å². The van der Waals surface area contributed by atoms with Crippen molar-refractivity contribution in [2.24, 2.45) is 5.92 Å². The van der Waals surface area contributed by atoms with Gasteiger partial charge in [0.1, 0.15) is 22.8 Å². The normalized spacial score (nSPS) is 18.7. The predicted molar refractivity (Wildman–Crippen MR) is 107 cm³/mol. The van der Waals surface area contributed by atoms with E-state index in [1.807, 2.05) is 0 Å². The maximum absolute atomic E-state index is 13.9. The highest BCUT2D eigenvalue weighted by molar-refractivity contribution is 5.95. The summed E-state index contributed by atoms with van der Waals surface area (Å²) in [5, 5.41) is 13.6. The van der Waals surface area contributed by atoms with E-state index in [-0.39, 0.29) is 29.6 Å². The molecule has 0 atom stereocenters. The molecule has 2 heterocycles. The molecule has 1 aliphatic rings. The van der Waals surface area contributed by atoms with Crippen molar-refractivity contribution in [2.75, 3.05) is 5.32 Å². The van der Waals surface area contributed by atoms with E-state index in [4.69, 9.17) is 4.52 Å². The number of aromatic nitrogens is 3. The molecule has 2 aromatic heterocycles. The fourth-order valence-corrected chi connectivity index (χ4v) is 3.67. The Morgan fingerprint density at radius 3 is 2.63 bits per heavy atom. The van der Waals surface area contributed by atoms with Gasteiger partial charge in [0.2, 0.25) is 5.91 Å². The Labute approximate surface area is 172 Å². The van der Waals surface area contributed by atoms with E-state index in [1.165, 1.54) is 16.9 Å². The molecule has 3 aromatic rings. The SMILES string of the molecule is Cc1oncc1C(=O)N[C@H]1CC[C@@H](C(=O)Nc2ccn(-c3ccccc3F)n2)CC1. The average molecular weight is 411 g/mol. The van der Waals surface area contributed by atoms with Crippen molar-refractivity contribution in [1.29, 1.82) is 0 Å². The summed E-state index contributed by atoms with van der Waals surface area (Å²) in [5.41, 5.74) is 0.748. The van der Waals surface area contributed by atoms with E-state index in [9.17, 15) is 14.0 Å². The Morgan fingerprint density at radius 2 is 1.93 bits per heavy atom. The molecule has 0 radical (unpaired) electrons. The second kappa shape index (κ2) is 8.48. The summed E-state index contributed by atoms with van der Waals surface area (Å²) in [5.74, 6) is -0.0138. The highest BCUT2D eigenvalue weighted by Gasteiger charge is 2.28. The minimum atomic E-state index is -0.389. The van der Waals surface area contributed by atoms with Gasteiger partial charge in [-0.25, -0.2) is 9.07 Å². The predicted octanol–water partition coefficient (Wildman–Crippen LogP) is 3.24. The molecule has 4 rings (SSSR count). The van der Waals surface area contributed by atoms with Gasteiger partial charge in [0, 0.05) is 24.2 Å². The molecule has 2 N–H and O–H groups in total.